The molecule has 0 spiro atoms. The predicted molar refractivity (Wildman–Crippen MR) is 130 cm³/mol. The van der Waals surface area contributed by atoms with Gasteiger partial charge in [0.15, 0.2) is 11.5 Å². The zero-order chi connectivity index (χ0) is 26.2. The molecule has 10 heteroatoms. The van der Waals surface area contributed by atoms with E-state index in [1.165, 1.54) is 42.5 Å². The second-order valence-electron chi connectivity index (χ2n) is 8.41. The van der Waals surface area contributed by atoms with Crippen LogP contribution in [-0.4, -0.2) is 40.3 Å². The van der Waals surface area contributed by atoms with Gasteiger partial charge in [-0.2, -0.15) is 0 Å². The van der Waals surface area contributed by atoms with E-state index in [1.807, 2.05) is 0 Å². The molecule has 3 aromatic carbocycles. The summed E-state index contributed by atoms with van der Waals surface area (Å²) in [6.07, 6.45) is -0.984. The van der Waals surface area contributed by atoms with Crippen molar-refractivity contribution in [3.05, 3.63) is 95.1 Å². The van der Waals surface area contributed by atoms with Crippen molar-refractivity contribution in [2.24, 2.45) is 11.5 Å². The Kier molecular flexibility index (Phi) is 8.93. The molecule has 190 valence electrons. The van der Waals surface area contributed by atoms with Gasteiger partial charge >= 0.3 is 0 Å². The highest BCUT2D eigenvalue weighted by Gasteiger charge is 2.27. The fraction of sp³-hybridized carbons (Fsp3) is 0.231. The minimum Gasteiger partial charge on any atom is -0.504 e. The van der Waals surface area contributed by atoms with E-state index in [1.54, 1.807) is 24.3 Å². The van der Waals surface area contributed by atoms with E-state index in [2.05, 4.69) is 10.6 Å². The van der Waals surface area contributed by atoms with Crippen LogP contribution in [0.2, 0.25) is 0 Å². The highest BCUT2D eigenvalue weighted by atomic mass is 19.1. The first-order valence-electron chi connectivity index (χ1n) is 11.2. The average Bonchev–Trinajstić information content (AvgIpc) is 2.83. The lowest BCUT2D eigenvalue weighted by Crippen LogP contribution is -2.57. The van der Waals surface area contributed by atoms with E-state index < -0.39 is 41.7 Å². The molecule has 3 aromatic rings. The first kappa shape index (κ1) is 26.6. The molecule has 0 fully saturated rings. The highest BCUT2D eigenvalue weighted by Crippen LogP contribution is 2.25. The molecule has 8 nitrogen and oxygen atoms in total. The maximum Gasteiger partial charge on any atom is 0.240 e. The van der Waals surface area contributed by atoms with E-state index in [0.29, 0.717) is 11.1 Å². The van der Waals surface area contributed by atoms with Crippen molar-refractivity contribution in [1.82, 2.24) is 10.6 Å². The number of benzene rings is 3. The lowest BCUT2D eigenvalue weighted by Gasteiger charge is -2.25. The molecule has 2 amide bonds. The fourth-order valence-corrected chi connectivity index (χ4v) is 3.76. The Hall–Kier alpha value is -4.02. The summed E-state index contributed by atoms with van der Waals surface area (Å²) in [7, 11) is 0. The third-order valence-corrected chi connectivity index (χ3v) is 5.65. The maximum atomic E-state index is 14.3. The van der Waals surface area contributed by atoms with Crippen LogP contribution in [0.3, 0.4) is 0 Å². The molecular formula is C26H28F2N4O4. The number of phenolic OH excluding ortho intramolecular Hbond substituents is 2. The highest BCUT2D eigenvalue weighted by molar-refractivity contribution is 5.89. The molecule has 0 radical (unpaired) electrons. The van der Waals surface area contributed by atoms with Gasteiger partial charge in [0.05, 0.1) is 12.2 Å². The van der Waals surface area contributed by atoms with Gasteiger partial charge in [0.25, 0.3) is 0 Å². The number of nitrogens with two attached hydrogens (primary N) is 2. The van der Waals surface area contributed by atoms with Crippen LogP contribution in [0.4, 0.5) is 8.78 Å². The van der Waals surface area contributed by atoms with Gasteiger partial charge in [0.1, 0.15) is 17.7 Å². The number of hydrogen-bond donors (Lipinski definition) is 6. The van der Waals surface area contributed by atoms with E-state index >= 15 is 0 Å². The topological polar surface area (TPSA) is 151 Å². The third-order valence-electron chi connectivity index (χ3n) is 5.65. The predicted octanol–water partition coefficient (Wildman–Crippen LogP) is 1.62. The van der Waals surface area contributed by atoms with Gasteiger partial charge in [0.2, 0.25) is 11.8 Å². The Balaban J connectivity index is 1.78. The van der Waals surface area contributed by atoms with Crippen molar-refractivity contribution < 1.29 is 28.6 Å². The van der Waals surface area contributed by atoms with Gasteiger partial charge in [-0.05, 0) is 47.4 Å². The molecule has 0 aliphatic carbocycles. The number of primary amides is 1. The van der Waals surface area contributed by atoms with Crippen molar-refractivity contribution in [2.45, 2.75) is 37.5 Å². The van der Waals surface area contributed by atoms with Crippen molar-refractivity contribution in [3.8, 4) is 11.5 Å². The summed E-state index contributed by atoms with van der Waals surface area (Å²) in [5.41, 5.74) is 12.7. The molecule has 0 heterocycles. The molecule has 3 atom stereocenters. The van der Waals surface area contributed by atoms with E-state index in [9.17, 15) is 28.6 Å². The van der Waals surface area contributed by atoms with Gasteiger partial charge < -0.3 is 27.0 Å². The SMILES string of the molecule is NC(=O)C(Cc1ccc(O)c(O)c1)NC(=O)C(Cc1ccccc1F)NC(N)Cc1ccccc1F. The molecular weight excluding hydrogens is 470 g/mol. The quantitative estimate of drug-likeness (QED) is 0.175. The van der Waals surface area contributed by atoms with Gasteiger partial charge in [-0.25, -0.2) is 8.78 Å². The summed E-state index contributed by atoms with van der Waals surface area (Å²) in [4.78, 5) is 25.3. The molecule has 8 N–H and O–H groups in total. The minimum absolute atomic E-state index is 0.0553. The molecule has 3 rings (SSSR count). The molecule has 0 saturated heterocycles. The monoisotopic (exact) mass is 498 g/mol. The molecule has 0 aliphatic rings. The summed E-state index contributed by atoms with van der Waals surface area (Å²) in [6, 6.07) is 13.7. The molecule has 0 bridgehead atoms. The number of carbonyl (C=O) groups excluding carboxylic acids is 2. The Labute approximate surface area is 206 Å². The van der Waals surface area contributed by atoms with Crippen LogP contribution < -0.4 is 22.1 Å². The number of amides is 2. The number of hydrogen-bond acceptors (Lipinski definition) is 6. The Morgan fingerprint density at radius 3 is 1.94 bits per heavy atom. The largest absolute Gasteiger partial charge is 0.504 e. The van der Waals surface area contributed by atoms with E-state index in [-0.39, 0.29) is 36.3 Å². The number of rotatable bonds is 11. The standard InChI is InChI=1S/C26H28F2N4O4/c27-18-7-3-1-5-16(18)13-21(31-24(29)14-17-6-2-4-8-19(17)28)26(36)32-20(25(30)35)11-15-9-10-22(33)23(34)12-15/h1-10,12,20-21,24,31,33-34H,11,13-14,29H2,(H2,30,35)(H,32,36). The smallest absolute Gasteiger partial charge is 0.240 e. The second-order valence-corrected chi connectivity index (χ2v) is 8.41. The fourth-order valence-electron chi connectivity index (χ4n) is 3.76. The van der Waals surface area contributed by atoms with Crippen LogP contribution in [0.1, 0.15) is 16.7 Å². The number of halogens is 2. The van der Waals surface area contributed by atoms with Crippen molar-refractivity contribution in [3.63, 3.8) is 0 Å². The van der Waals surface area contributed by atoms with Crippen LogP contribution in [0.15, 0.2) is 66.7 Å². The van der Waals surface area contributed by atoms with Crippen LogP contribution in [0, 0.1) is 11.6 Å². The van der Waals surface area contributed by atoms with Gasteiger partial charge in [-0.1, -0.05) is 42.5 Å². The van der Waals surface area contributed by atoms with Crippen molar-refractivity contribution >= 4 is 11.8 Å². The average molecular weight is 499 g/mol. The van der Waals surface area contributed by atoms with Crippen LogP contribution in [-0.2, 0) is 28.9 Å². The van der Waals surface area contributed by atoms with Gasteiger partial charge in [0, 0.05) is 12.8 Å². The normalized spacial score (nSPS) is 13.5. The number of carbonyl (C=O) groups is 2. The molecule has 0 aliphatic heterocycles. The number of aromatic hydroxyl groups is 2. The molecule has 0 saturated carbocycles. The lowest BCUT2D eigenvalue weighted by atomic mass is 10.0. The molecule has 3 unspecified atom stereocenters. The summed E-state index contributed by atoms with van der Waals surface area (Å²) in [5.74, 6) is -3.21. The minimum atomic E-state index is -1.17. The zero-order valence-electron chi connectivity index (χ0n) is 19.3. The summed E-state index contributed by atoms with van der Waals surface area (Å²) < 4.78 is 28.4. The first-order valence-corrected chi connectivity index (χ1v) is 11.2. The van der Waals surface area contributed by atoms with Gasteiger partial charge in [-0.3, -0.25) is 14.9 Å². The van der Waals surface area contributed by atoms with Crippen LogP contribution >= 0.6 is 0 Å². The Morgan fingerprint density at radius 1 is 0.806 bits per heavy atom. The molecule has 36 heavy (non-hydrogen) atoms. The number of nitrogens with one attached hydrogen (secondary N) is 2. The van der Waals surface area contributed by atoms with E-state index in [0.717, 1.165) is 0 Å². The van der Waals surface area contributed by atoms with Crippen molar-refractivity contribution in [1.29, 1.82) is 0 Å². The summed E-state index contributed by atoms with van der Waals surface area (Å²) in [6.45, 7) is 0. The summed E-state index contributed by atoms with van der Waals surface area (Å²) in [5, 5.41) is 24.6. The summed E-state index contributed by atoms with van der Waals surface area (Å²) >= 11 is 0. The first-order chi connectivity index (χ1) is 17.1. The van der Waals surface area contributed by atoms with Gasteiger partial charge in [-0.15, -0.1) is 0 Å². The maximum absolute atomic E-state index is 14.3. The van der Waals surface area contributed by atoms with E-state index in [4.69, 9.17) is 11.5 Å². The zero-order valence-corrected chi connectivity index (χ0v) is 19.3. The van der Waals surface area contributed by atoms with Crippen molar-refractivity contribution in [2.75, 3.05) is 0 Å². The Bertz CT molecular complexity index is 1220. The Morgan fingerprint density at radius 2 is 1.39 bits per heavy atom. The molecule has 0 aromatic heterocycles. The second kappa shape index (κ2) is 12.1. The third kappa shape index (κ3) is 7.24. The number of phenols is 2. The van der Waals surface area contributed by atoms with Crippen LogP contribution in [0.5, 0.6) is 11.5 Å². The van der Waals surface area contributed by atoms with Crippen LogP contribution in [0.25, 0.3) is 0 Å². The lowest BCUT2D eigenvalue weighted by molar-refractivity contribution is -0.128.